The van der Waals surface area contributed by atoms with Gasteiger partial charge in [0, 0.05) is 26.6 Å². The Morgan fingerprint density at radius 2 is 1.94 bits per heavy atom. The lowest BCUT2D eigenvalue weighted by molar-refractivity contribution is 0.138. The summed E-state index contributed by atoms with van der Waals surface area (Å²) in [6, 6.07) is 5.68. The fourth-order valence-electron chi connectivity index (χ4n) is 3.94. The van der Waals surface area contributed by atoms with Crippen LogP contribution in [0.25, 0.3) is 23.3 Å². The molecule has 1 fully saturated rings. The van der Waals surface area contributed by atoms with E-state index < -0.39 is 0 Å². The minimum atomic E-state index is -0.339. The number of ether oxygens (including phenoxy) is 3. The third-order valence-electron chi connectivity index (χ3n) is 5.70. The molecule has 0 saturated carbocycles. The van der Waals surface area contributed by atoms with Gasteiger partial charge in [0.25, 0.3) is 5.56 Å². The zero-order valence-electron chi connectivity index (χ0n) is 18.8. The SMILES string of the molecule is CCn1c(=O)c2c(nc(/C=C/c3ccc(OC)c(O[C@H]4CCOC4)c3)n2C)n(CC)c1=O. The lowest BCUT2D eigenvalue weighted by Gasteiger charge is -2.15. The van der Waals surface area contributed by atoms with Gasteiger partial charge in [-0.1, -0.05) is 12.1 Å². The molecule has 1 aromatic carbocycles. The molecule has 32 heavy (non-hydrogen) atoms. The Labute approximate surface area is 185 Å². The van der Waals surface area contributed by atoms with Gasteiger partial charge in [-0.3, -0.25) is 13.9 Å². The Morgan fingerprint density at radius 1 is 1.16 bits per heavy atom. The minimum absolute atomic E-state index is 0.00878. The van der Waals surface area contributed by atoms with Gasteiger partial charge in [-0.05, 0) is 37.6 Å². The fraction of sp³-hybridized carbons (Fsp3) is 0.435. The van der Waals surface area contributed by atoms with Crippen LogP contribution in [0.1, 0.15) is 31.7 Å². The molecule has 0 radical (unpaired) electrons. The van der Waals surface area contributed by atoms with E-state index >= 15 is 0 Å². The van der Waals surface area contributed by atoms with Gasteiger partial charge in [-0.25, -0.2) is 9.78 Å². The number of aromatic nitrogens is 4. The first-order valence-electron chi connectivity index (χ1n) is 10.8. The summed E-state index contributed by atoms with van der Waals surface area (Å²) < 4.78 is 21.4. The number of fused-ring (bicyclic) bond motifs is 1. The Kier molecular flexibility index (Phi) is 6.18. The number of aryl methyl sites for hydroxylation is 2. The van der Waals surface area contributed by atoms with E-state index in [0.29, 0.717) is 54.8 Å². The van der Waals surface area contributed by atoms with Crippen LogP contribution in [0, 0.1) is 0 Å². The molecule has 9 nitrogen and oxygen atoms in total. The van der Waals surface area contributed by atoms with Crippen molar-refractivity contribution in [2.75, 3.05) is 20.3 Å². The molecule has 1 saturated heterocycles. The van der Waals surface area contributed by atoms with Crippen LogP contribution >= 0.6 is 0 Å². The molecule has 1 aliphatic rings. The van der Waals surface area contributed by atoms with Gasteiger partial charge in [-0.2, -0.15) is 0 Å². The summed E-state index contributed by atoms with van der Waals surface area (Å²) in [7, 11) is 3.39. The summed E-state index contributed by atoms with van der Waals surface area (Å²) in [6.07, 6.45) is 4.57. The minimum Gasteiger partial charge on any atom is -0.493 e. The second-order valence-electron chi connectivity index (χ2n) is 7.62. The van der Waals surface area contributed by atoms with Crippen molar-refractivity contribution in [3.8, 4) is 11.5 Å². The van der Waals surface area contributed by atoms with Crippen LogP contribution in [-0.2, 0) is 24.9 Å². The van der Waals surface area contributed by atoms with Crippen molar-refractivity contribution in [2.24, 2.45) is 7.05 Å². The predicted octanol–water partition coefficient (Wildman–Crippen LogP) is 2.28. The van der Waals surface area contributed by atoms with Gasteiger partial charge in [0.1, 0.15) is 11.9 Å². The zero-order chi connectivity index (χ0) is 22.8. The van der Waals surface area contributed by atoms with E-state index in [4.69, 9.17) is 14.2 Å². The maximum absolute atomic E-state index is 12.9. The summed E-state index contributed by atoms with van der Waals surface area (Å²) in [5, 5.41) is 0. The molecule has 4 rings (SSSR count). The zero-order valence-corrected chi connectivity index (χ0v) is 18.8. The Balaban J connectivity index is 1.73. The summed E-state index contributed by atoms with van der Waals surface area (Å²) in [4.78, 5) is 30.1. The van der Waals surface area contributed by atoms with Crippen LogP contribution in [0.5, 0.6) is 11.5 Å². The number of rotatable bonds is 7. The summed E-state index contributed by atoms with van der Waals surface area (Å²) in [5.74, 6) is 1.89. The number of methoxy groups -OCH3 is 1. The van der Waals surface area contributed by atoms with Crippen LogP contribution in [-0.4, -0.2) is 45.1 Å². The molecule has 3 heterocycles. The highest BCUT2D eigenvalue weighted by atomic mass is 16.6. The second-order valence-corrected chi connectivity index (χ2v) is 7.62. The first kappa shape index (κ1) is 21.9. The van der Waals surface area contributed by atoms with E-state index in [0.717, 1.165) is 12.0 Å². The highest BCUT2D eigenvalue weighted by Crippen LogP contribution is 2.31. The van der Waals surface area contributed by atoms with E-state index in [1.807, 2.05) is 37.3 Å². The van der Waals surface area contributed by atoms with Crippen molar-refractivity contribution in [1.82, 2.24) is 18.7 Å². The van der Waals surface area contributed by atoms with Crippen molar-refractivity contribution in [1.29, 1.82) is 0 Å². The average Bonchev–Trinajstić information content (AvgIpc) is 3.41. The molecule has 1 aliphatic heterocycles. The van der Waals surface area contributed by atoms with E-state index in [-0.39, 0.29) is 17.4 Å². The lowest BCUT2D eigenvalue weighted by atomic mass is 10.2. The number of hydrogen-bond acceptors (Lipinski definition) is 6. The molecule has 0 N–H and O–H groups in total. The first-order valence-corrected chi connectivity index (χ1v) is 10.8. The molecular weight excluding hydrogens is 412 g/mol. The third kappa shape index (κ3) is 3.84. The molecule has 0 amide bonds. The van der Waals surface area contributed by atoms with Crippen LogP contribution < -0.4 is 20.7 Å². The standard InChI is InChI=1S/C23H28N4O5/c1-5-26-21-20(22(28)27(6-2)23(26)29)25(3)19(24-21)10-8-15-7-9-17(30-4)18(13-15)32-16-11-12-31-14-16/h7-10,13,16H,5-6,11-12,14H2,1-4H3/b10-8+/t16-/m0/s1. The predicted molar refractivity (Wildman–Crippen MR) is 122 cm³/mol. The number of nitrogens with zero attached hydrogens (tertiary/aromatic N) is 4. The molecule has 0 unspecified atom stereocenters. The van der Waals surface area contributed by atoms with Gasteiger partial charge in [0.2, 0.25) is 0 Å². The van der Waals surface area contributed by atoms with Gasteiger partial charge in [-0.15, -0.1) is 0 Å². The monoisotopic (exact) mass is 440 g/mol. The highest BCUT2D eigenvalue weighted by molar-refractivity contribution is 5.77. The first-order chi connectivity index (χ1) is 15.5. The fourth-order valence-corrected chi connectivity index (χ4v) is 3.94. The summed E-state index contributed by atoms with van der Waals surface area (Å²) >= 11 is 0. The van der Waals surface area contributed by atoms with Crippen molar-refractivity contribution in [2.45, 2.75) is 39.5 Å². The normalized spacial score (nSPS) is 16.3. The van der Waals surface area contributed by atoms with Crippen LogP contribution in [0.3, 0.4) is 0 Å². The Hall–Kier alpha value is -3.33. The van der Waals surface area contributed by atoms with Crippen molar-refractivity contribution in [3.05, 3.63) is 50.4 Å². The molecular formula is C23H28N4O5. The van der Waals surface area contributed by atoms with E-state index in [2.05, 4.69) is 4.98 Å². The van der Waals surface area contributed by atoms with Crippen molar-refractivity contribution in [3.63, 3.8) is 0 Å². The van der Waals surface area contributed by atoms with E-state index in [1.165, 1.54) is 9.13 Å². The van der Waals surface area contributed by atoms with E-state index in [1.54, 1.807) is 25.6 Å². The van der Waals surface area contributed by atoms with Gasteiger partial charge in [0.05, 0.1) is 20.3 Å². The molecule has 2 aromatic heterocycles. The van der Waals surface area contributed by atoms with Crippen molar-refractivity contribution < 1.29 is 14.2 Å². The molecule has 1 atom stereocenters. The number of benzene rings is 1. The largest absolute Gasteiger partial charge is 0.493 e. The quantitative estimate of drug-likeness (QED) is 0.560. The van der Waals surface area contributed by atoms with Crippen molar-refractivity contribution >= 4 is 23.3 Å². The Morgan fingerprint density at radius 3 is 2.59 bits per heavy atom. The molecule has 0 bridgehead atoms. The number of imidazole rings is 1. The summed E-state index contributed by atoms with van der Waals surface area (Å²) in [6.45, 7) is 5.65. The highest BCUT2D eigenvalue weighted by Gasteiger charge is 2.20. The van der Waals surface area contributed by atoms with E-state index in [9.17, 15) is 9.59 Å². The van der Waals surface area contributed by atoms with Gasteiger partial charge < -0.3 is 18.8 Å². The van der Waals surface area contributed by atoms with Gasteiger partial charge >= 0.3 is 5.69 Å². The van der Waals surface area contributed by atoms with Crippen LogP contribution in [0.4, 0.5) is 0 Å². The third-order valence-corrected chi connectivity index (χ3v) is 5.70. The van der Waals surface area contributed by atoms with Crippen LogP contribution in [0.2, 0.25) is 0 Å². The van der Waals surface area contributed by atoms with Crippen LogP contribution in [0.15, 0.2) is 27.8 Å². The molecule has 3 aromatic rings. The molecule has 0 aliphatic carbocycles. The summed E-state index contributed by atoms with van der Waals surface area (Å²) in [5.41, 5.74) is 1.03. The Bertz CT molecular complexity index is 1280. The van der Waals surface area contributed by atoms with Gasteiger partial charge in [0.15, 0.2) is 22.7 Å². The molecule has 0 spiro atoms. The maximum Gasteiger partial charge on any atom is 0.332 e. The smallest absolute Gasteiger partial charge is 0.332 e. The number of hydrogen-bond donors (Lipinski definition) is 0. The molecule has 9 heteroatoms. The lowest BCUT2D eigenvalue weighted by Crippen LogP contribution is -2.39. The average molecular weight is 441 g/mol. The maximum atomic E-state index is 12.9. The topological polar surface area (TPSA) is 89.5 Å². The second kappa shape index (κ2) is 9.04. The molecule has 170 valence electrons.